The second-order valence-corrected chi connectivity index (χ2v) is 5.32. The molecule has 0 amide bonds. The molecule has 0 bridgehead atoms. The van der Waals surface area contributed by atoms with E-state index in [4.69, 9.17) is 16.3 Å². The van der Waals surface area contributed by atoms with Crippen LogP contribution in [-0.2, 0) is 13.1 Å². The molecule has 130 valence electrons. The first-order valence-corrected chi connectivity index (χ1v) is 7.84. The monoisotopic (exact) mass is 460 g/mol. The number of nitrogens with one attached hydrogen (secondary N) is 2. The zero-order valence-electron chi connectivity index (χ0n) is 13.8. The SMILES string of the molecule is CCNC(=NCc1ccc(OC)nc1)NCc1ccc(Cl)cc1.I. The van der Waals surface area contributed by atoms with Crippen LogP contribution in [0.3, 0.4) is 0 Å². The summed E-state index contributed by atoms with van der Waals surface area (Å²) in [5, 5.41) is 7.26. The Morgan fingerprint density at radius 1 is 1.12 bits per heavy atom. The van der Waals surface area contributed by atoms with Gasteiger partial charge in [-0.1, -0.05) is 29.8 Å². The van der Waals surface area contributed by atoms with E-state index in [9.17, 15) is 0 Å². The Hall–Kier alpha value is -1.54. The van der Waals surface area contributed by atoms with Crippen LogP contribution in [0, 0.1) is 0 Å². The summed E-state index contributed by atoms with van der Waals surface area (Å²) in [6.07, 6.45) is 1.77. The minimum Gasteiger partial charge on any atom is -0.481 e. The van der Waals surface area contributed by atoms with E-state index in [2.05, 4.69) is 20.6 Å². The zero-order valence-corrected chi connectivity index (χ0v) is 16.8. The highest BCUT2D eigenvalue weighted by Crippen LogP contribution is 2.09. The first kappa shape index (κ1) is 20.5. The molecular weight excluding hydrogens is 439 g/mol. The van der Waals surface area contributed by atoms with Crippen LogP contribution in [0.25, 0.3) is 0 Å². The molecule has 2 aromatic rings. The van der Waals surface area contributed by atoms with Crippen molar-refractivity contribution in [1.82, 2.24) is 15.6 Å². The Morgan fingerprint density at radius 2 is 1.83 bits per heavy atom. The normalized spacial score (nSPS) is 10.7. The maximum atomic E-state index is 5.89. The second-order valence-electron chi connectivity index (χ2n) is 4.88. The summed E-state index contributed by atoms with van der Waals surface area (Å²) in [6.45, 7) is 4.07. The lowest BCUT2D eigenvalue weighted by Gasteiger charge is -2.11. The van der Waals surface area contributed by atoms with E-state index in [1.807, 2.05) is 43.3 Å². The van der Waals surface area contributed by atoms with Gasteiger partial charge in [0, 0.05) is 30.4 Å². The molecule has 1 heterocycles. The van der Waals surface area contributed by atoms with Crippen molar-refractivity contribution in [3.8, 4) is 5.88 Å². The quantitative estimate of drug-likeness (QED) is 0.393. The Bertz CT molecular complexity index is 632. The third-order valence-electron chi connectivity index (χ3n) is 3.14. The summed E-state index contributed by atoms with van der Waals surface area (Å²) in [4.78, 5) is 8.74. The van der Waals surface area contributed by atoms with Crippen LogP contribution in [0.4, 0.5) is 0 Å². The van der Waals surface area contributed by atoms with E-state index >= 15 is 0 Å². The minimum atomic E-state index is 0. The number of guanidine groups is 1. The van der Waals surface area contributed by atoms with E-state index in [0.717, 1.165) is 28.7 Å². The molecule has 0 radical (unpaired) electrons. The van der Waals surface area contributed by atoms with Gasteiger partial charge in [0.2, 0.25) is 5.88 Å². The highest BCUT2D eigenvalue weighted by molar-refractivity contribution is 14.0. The van der Waals surface area contributed by atoms with Crippen molar-refractivity contribution in [2.75, 3.05) is 13.7 Å². The maximum absolute atomic E-state index is 5.89. The van der Waals surface area contributed by atoms with Gasteiger partial charge in [0.15, 0.2) is 5.96 Å². The fourth-order valence-electron chi connectivity index (χ4n) is 1.93. The molecule has 0 aliphatic heterocycles. The van der Waals surface area contributed by atoms with Crippen LogP contribution < -0.4 is 15.4 Å². The van der Waals surface area contributed by atoms with Gasteiger partial charge in [-0.25, -0.2) is 9.98 Å². The van der Waals surface area contributed by atoms with Gasteiger partial charge in [-0.2, -0.15) is 0 Å². The molecule has 0 fully saturated rings. The van der Waals surface area contributed by atoms with Crippen LogP contribution in [-0.4, -0.2) is 24.6 Å². The van der Waals surface area contributed by atoms with E-state index in [1.54, 1.807) is 13.3 Å². The number of rotatable bonds is 6. The number of hydrogen-bond acceptors (Lipinski definition) is 3. The molecule has 7 heteroatoms. The van der Waals surface area contributed by atoms with E-state index in [-0.39, 0.29) is 24.0 Å². The van der Waals surface area contributed by atoms with Gasteiger partial charge >= 0.3 is 0 Å². The topological polar surface area (TPSA) is 58.5 Å². The van der Waals surface area contributed by atoms with Crippen molar-refractivity contribution in [3.63, 3.8) is 0 Å². The van der Waals surface area contributed by atoms with Gasteiger partial charge in [0.25, 0.3) is 0 Å². The standard InChI is InChI=1S/C17H21ClN4O.HI/c1-3-19-17(21-10-13-4-7-15(18)8-5-13)22-12-14-6-9-16(23-2)20-11-14;/h4-9,11H,3,10,12H2,1-2H3,(H2,19,21,22);1H. The van der Waals surface area contributed by atoms with Crippen molar-refractivity contribution in [3.05, 3.63) is 58.7 Å². The van der Waals surface area contributed by atoms with Gasteiger partial charge in [0.1, 0.15) is 0 Å². The number of nitrogens with zero attached hydrogens (tertiary/aromatic N) is 2. The van der Waals surface area contributed by atoms with Crippen molar-refractivity contribution in [2.24, 2.45) is 4.99 Å². The third-order valence-corrected chi connectivity index (χ3v) is 3.40. The largest absolute Gasteiger partial charge is 0.481 e. The Morgan fingerprint density at radius 3 is 2.42 bits per heavy atom. The molecule has 1 aromatic carbocycles. The van der Waals surface area contributed by atoms with Gasteiger partial charge < -0.3 is 15.4 Å². The van der Waals surface area contributed by atoms with Crippen molar-refractivity contribution < 1.29 is 4.74 Å². The molecule has 0 spiro atoms. The van der Waals surface area contributed by atoms with Crippen LogP contribution in [0.1, 0.15) is 18.1 Å². The van der Waals surface area contributed by atoms with E-state index in [1.165, 1.54) is 0 Å². The summed E-state index contributed by atoms with van der Waals surface area (Å²) in [5.74, 6) is 1.36. The van der Waals surface area contributed by atoms with Crippen molar-refractivity contribution in [2.45, 2.75) is 20.0 Å². The number of benzene rings is 1. The van der Waals surface area contributed by atoms with Gasteiger partial charge in [-0.05, 0) is 30.2 Å². The summed E-state index contributed by atoms with van der Waals surface area (Å²) in [5.41, 5.74) is 2.17. The third kappa shape index (κ3) is 6.92. The molecule has 1 aromatic heterocycles. The molecule has 2 N–H and O–H groups in total. The second kappa shape index (κ2) is 11.1. The Kier molecular flexibility index (Phi) is 9.48. The summed E-state index contributed by atoms with van der Waals surface area (Å²) in [6, 6.07) is 11.5. The number of ether oxygens (including phenoxy) is 1. The van der Waals surface area contributed by atoms with Crippen LogP contribution >= 0.6 is 35.6 Å². The molecule has 0 saturated carbocycles. The average Bonchev–Trinajstić information content (AvgIpc) is 2.59. The number of pyridine rings is 1. The summed E-state index contributed by atoms with van der Waals surface area (Å²) in [7, 11) is 1.60. The molecule has 0 aliphatic carbocycles. The lowest BCUT2D eigenvalue weighted by Crippen LogP contribution is -2.36. The van der Waals surface area contributed by atoms with Crippen molar-refractivity contribution >= 4 is 41.5 Å². The fraction of sp³-hybridized carbons (Fsp3) is 0.294. The first-order valence-electron chi connectivity index (χ1n) is 7.47. The van der Waals surface area contributed by atoms with E-state index in [0.29, 0.717) is 19.0 Å². The lowest BCUT2D eigenvalue weighted by atomic mass is 10.2. The molecule has 2 rings (SSSR count). The molecule has 24 heavy (non-hydrogen) atoms. The summed E-state index contributed by atoms with van der Waals surface area (Å²) < 4.78 is 5.05. The smallest absolute Gasteiger partial charge is 0.212 e. The number of hydrogen-bond donors (Lipinski definition) is 2. The van der Waals surface area contributed by atoms with Crippen molar-refractivity contribution in [1.29, 1.82) is 0 Å². The predicted octanol–water partition coefficient (Wildman–Crippen LogP) is 3.62. The first-order chi connectivity index (χ1) is 11.2. The highest BCUT2D eigenvalue weighted by atomic mass is 127. The molecule has 5 nitrogen and oxygen atoms in total. The van der Waals surface area contributed by atoms with Crippen LogP contribution in [0.5, 0.6) is 5.88 Å². The number of methoxy groups -OCH3 is 1. The van der Waals surface area contributed by atoms with Gasteiger partial charge in [-0.15, -0.1) is 24.0 Å². The minimum absolute atomic E-state index is 0. The van der Waals surface area contributed by atoms with E-state index < -0.39 is 0 Å². The molecule has 0 aliphatic rings. The number of aromatic nitrogens is 1. The maximum Gasteiger partial charge on any atom is 0.212 e. The Balaban J connectivity index is 0.00000288. The highest BCUT2D eigenvalue weighted by Gasteiger charge is 2.00. The fourth-order valence-corrected chi connectivity index (χ4v) is 2.05. The predicted molar refractivity (Wildman–Crippen MR) is 109 cm³/mol. The molecular formula is C17H22ClIN4O. The van der Waals surface area contributed by atoms with Crippen LogP contribution in [0.2, 0.25) is 5.02 Å². The molecule has 0 unspecified atom stereocenters. The Labute approximate surface area is 164 Å². The molecule has 0 saturated heterocycles. The average molecular weight is 461 g/mol. The zero-order chi connectivity index (χ0) is 16.5. The van der Waals surface area contributed by atoms with Gasteiger partial charge in [0.05, 0.1) is 13.7 Å². The molecule has 0 atom stereocenters. The summed E-state index contributed by atoms with van der Waals surface area (Å²) >= 11 is 5.89. The number of aliphatic imine (C=N–C) groups is 1. The lowest BCUT2D eigenvalue weighted by molar-refractivity contribution is 0.397. The van der Waals surface area contributed by atoms with Crippen LogP contribution in [0.15, 0.2) is 47.6 Å². The number of halogens is 2. The van der Waals surface area contributed by atoms with Gasteiger partial charge in [-0.3, -0.25) is 0 Å².